The lowest BCUT2D eigenvalue weighted by atomic mass is 10.00. The van der Waals surface area contributed by atoms with E-state index in [1.165, 1.54) is 6.07 Å². The Hall–Kier alpha value is -2.60. The zero-order chi connectivity index (χ0) is 20.3. The third-order valence-electron chi connectivity index (χ3n) is 4.75. The summed E-state index contributed by atoms with van der Waals surface area (Å²) in [4.78, 5) is 10.9. The van der Waals surface area contributed by atoms with Crippen molar-refractivity contribution in [3.8, 4) is 22.6 Å². The molecular formula is C22H25FO5. The third kappa shape index (κ3) is 4.81. The van der Waals surface area contributed by atoms with Crippen molar-refractivity contribution < 1.29 is 28.9 Å². The first kappa shape index (κ1) is 20.1. The second-order valence-corrected chi connectivity index (χ2v) is 7.36. The van der Waals surface area contributed by atoms with Crippen LogP contribution in [0.5, 0.6) is 11.5 Å². The van der Waals surface area contributed by atoms with E-state index in [0.717, 1.165) is 5.56 Å². The van der Waals surface area contributed by atoms with Gasteiger partial charge < -0.3 is 19.7 Å². The highest BCUT2D eigenvalue weighted by Gasteiger charge is 2.43. The van der Waals surface area contributed by atoms with E-state index in [0.29, 0.717) is 42.1 Å². The zero-order valence-electron chi connectivity index (χ0n) is 16.0. The molecule has 3 rings (SSSR count). The van der Waals surface area contributed by atoms with Crippen LogP contribution in [0.15, 0.2) is 36.4 Å². The Morgan fingerprint density at radius 2 is 2.04 bits per heavy atom. The van der Waals surface area contributed by atoms with Gasteiger partial charge >= 0.3 is 5.97 Å². The smallest absolute Gasteiger partial charge is 0.306 e. The maximum Gasteiger partial charge on any atom is 0.306 e. The molecule has 0 bridgehead atoms. The van der Waals surface area contributed by atoms with Gasteiger partial charge in [0.05, 0.1) is 18.6 Å². The van der Waals surface area contributed by atoms with E-state index in [2.05, 4.69) is 0 Å². The highest BCUT2D eigenvalue weighted by atomic mass is 19.1. The molecule has 0 saturated heterocycles. The predicted molar refractivity (Wildman–Crippen MR) is 103 cm³/mol. The Bertz CT molecular complexity index is 849. The lowest BCUT2D eigenvalue weighted by Gasteiger charge is -2.15. The molecule has 5 nitrogen and oxygen atoms in total. The Morgan fingerprint density at radius 3 is 2.68 bits per heavy atom. The van der Waals surface area contributed by atoms with Crippen molar-refractivity contribution in [2.75, 3.05) is 13.2 Å². The van der Waals surface area contributed by atoms with Gasteiger partial charge in [0, 0.05) is 18.1 Å². The molecule has 0 aromatic heterocycles. The van der Waals surface area contributed by atoms with E-state index in [1.54, 1.807) is 30.3 Å². The van der Waals surface area contributed by atoms with Gasteiger partial charge in [-0.05, 0) is 68.1 Å². The lowest BCUT2D eigenvalue weighted by molar-refractivity contribution is -0.138. The number of rotatable bonds is 9. The Balaban J connectivity index is 1.81. The highest BCUT2D eigenvalue weighted by Crippen LogP contribution is 2.39. The largest absolute Gasteiger partial charge is 0.493 e. The zero-order valence-corrected chi connectivity index (χ0v) is 16.0. The molecule has 2 aromatic carbocycles. The van der Waals surface area contributed by atoms with Gasteiger partial charge in [0.15, 0.2) is 0 Å². The number of benzene rings is 2. The van der Waals surface area contributed by atoms with Crippen molar-refractivity contribution in [3.63, 3.8) is 0 Å². The molecule has 1 aliphatic rings. The summed E-state index contributed by atoms with van der Waals surface area (Å²) in [7, 11) is 0. The number of aliphatic hydroxyl groups is 1. The van der Waals surface area contributed by atoms with Crippen LogP contribution < -0.4 is 9.47 Å². The molecule has 28 heavy (non-hydrogen) atoms. The van der Waals surface area contributed by atoms with Crippen molar-refractivity contribution in [1.29, 1.82) is 0 Å². The molecule has 0 radical (unpaired) electrons. The number of hydrogen-bond donors (Lipinski definition) is 2. The van der Waals surface area contributed by atoms with Gasteiger partial charge in [-0.25, -0.2) is 4.39 Å². The summed E-state index contributed by atoms with van der Waals surface area (Å²) in [5, 5.41) is 18.4. The Kier molecular flexibility index (Phi) is 6.19. The van der Waals surface area contributed by atoms with Gasteiger partial charge in [0.2, 0.25) is 0 Å². The molecule has 0 heterocycles. The van der Waals surface area contributed by atoms with Crippen LogP contribution in [0.4, 0.5) is 4.39 Å². The van der Waals surface area contributed by atoms with Crippen molar-refractivity contribution in [3.05, 3.63) is 47.8 Å². The second-order valence-electron chi connectivity index (χ2n) is 7.36. The molecule has 1 saturated carbocycles. The van der Waals surface area contributed by atoms with E-state index in [9.17, 15) is 14.3 Å². The molecule has 0 unspecified atom stereocenters. The predicted octanol–water partition coefficient (Wildman–Crippen LogP) is 3.91. The maximum absolute atomic E-state index is 14.4. The topological polar surface area (TPSA) is 76.0 Å². The SMILES string of the molecule is CC(C)Oc1ccc(F)c(-c2ccc(OC[C@@H]3C[C@H]3C(=O)O)c(CCO)c2)c1. The lowest BCUT2D eigenvalue weighted by Crippen LogP contribution is -2.08. The van der Waals surface area contributed by atoms with Crippen molar-refractivity contribution >= 4 is 5.97 Å². The Labute approximate surface area is 163 Å². The number of halogens is 1. The van der Waals surface area contributed by atoms with E-state index in [4.69, 9.17) is 14.6 Å². The van der Waals surface area contributed by atoms with E-state index in [-0.39, 0.29) is 30.4 Å². The maximum atomic E-state index is 14.4. The first-order chi connectivity index (χ1) is 13.4. The molecule has 1 aliphatic carbocycles. The summed E-state index contributed by atoms with van der Waals surface area (Å²) in [5.41, 5.74) is 1.83. The van der Waals surface area contributed by atoms with Crippen molar-refractivity contribution in [2.45, 2.75) is 32.8 Å². The summed E-state index contributed by atoms with van der Waals surface area (Å²) < 4.78 is 25.9. The van der Waals surface area contributed by atoms with Gasteiger partial charge in [-0.1, -0.05) is 6.07 Å². The van der Waals surface area contributed by atoms with Crippen molar-refractivity contribution in [1.82, 2.24) is 0 Å². The Morgan fingerprint density at radius 1 is 1.25 bits per heavy atom. The first-order valence-electron chi connectivity index (χ1n) is 9.45. The fraction of sp³-hybridized carbons (Fsp3) is 0.409. The fourth-order valence-electron chi connectivity index (χ4n) is 3.21. The van der Waals surface area contributed by atoms with Crippen LogP contribution in [0, 0.1) is 17.7 Å². The van der Waals surface area contributed by atoms with E-state index < -0.39 is 5.97 Å². The van der Waals surface area contributed by atoms with Crippen molar-refractivity contribution in [2.24, 2.45) is 11.8 Å². The number of aliphatic hydroxyl groups excluding tert-OH is 1. The van der Waals surface area contributed by atoms with Gasteiger partial charge in [0.1, 0.15) is 17.3 Å². The summed E-state index contributed by atoms with van der Waals surface area (Å²) in [5.74, 6) is -0.298. The summed E-state index contributed by atoms with van der Waals surface area (Å²) in [6, 6.07) is 9.94. The van der Waals surface area contributed by atoms with Gasteiger partial charge in [-0.15, -0.1) is 0 Å². The average molecular weight is 388 g/mol. The van der Waals surface area contributed by atoms with Crippen LogP contribution in [-0.4, -0.2) is 35.5 Å². The normalized spacial score (nSPS) is 18.2. The minimum Gasteiger partial charge on any atom is -0.493 e. The van der Waals surface area contributed by atoms with Crippen LogP contribution in [-0.2, 0) is 11.2 Å². The number of carboxylic acids is 1. The molecule has 2 atom stereocenters. The van der Waals surface area contributed by atoms with Gasteiger partial charge in [-0.2, -0.15) is 0 Å². The molecule has 0 amide bonds. The monoisotopic (exact) mass is 388 g/mol. The molecular weight excluding hydrogens is 363 g/mol. The molecule has 0 aliphatic heterocycles. The summed E-state index contributed by atoms with van der Waals surface area (Å²) >= 11 is 0. The summed E-state index contributed by atoms with van der Waals surface area (Å²) in [6.45, 7) is 4.06. The van der Waals surface area contributed by atoms with Gasteiger partial charge in [-0.3, -0.25) is 4.79 Å². The molecule has 150 valence electrons. The first-order valence-corrected chi connectivity index (χ1v) is 9.45. The second kappa shape index (κ2) is 8.61. The standard InChI is InChI=1S/C22H25FO5/c1-13(2)28-17-4-5-20(23)18(11-17)14-3-6-21(15(9-14)7-8-24)27-12-16-10-19(16)22(25)26/h3-6,9,11,13,16,19,24H,7-8,10,12H2,1-2H3,(H,25,26)/t16-,19+/m0/s1. The number of carbonyl (C=O) groups is 1. The van der Waals surface area contributed by atoms with E-state index >= 15 is 0 Å². The molecule has 2 N–H and O–H groups in total. The molecule has 0 spiro atoms. The number of ether oxygens (including phenoxy) is 2. The third-order valence-corrected chi connectivity index (χ3v) is 4.75. The highest BCUT2D eigenvalue weighted by molar-refractivity contribution is 5.73. The molecule has 1 fully saturated rings. The number of carboxylic acid groups (broad SMARTS) is 1. The quantitative estimate of drug-likeness (QED) is 0.681. The van der Waals surface area contributed by atoms with Gasteiger partial charge in [0.25, 0.3) is 0 Å². The molecule has 2 aromatic rings. The molecule has 6 heteroatoms. The van der Waals surface area contributed by atoms with Crippen LogP contribution in [0.3, 0.4) is 0 Å². The number of hydrogen-bond acceptors (Lipinski definition) is 4. The minimum absolute atomic E-state index is 0.0152. The van der Waals surface area contributed by atoms with Crippen LogP contribution in [0.25, 0.3) is 11.1 Å². The van der Waals surface area contributed by atoms with Crippen LogP contribution >= 0.6 is 0 Å². The number of aliphatic carboxylic acids is 1. The van der Waals surface area contributed by atoms with E-state index in [1.807, 2.05) is 13.8 Å². The average Bonchev–Trinajstić information content (AvgIpc) is 3.42. The minimum atomic E-state index is -0.793. The fourth-order valence-corrected chi connectivity index (χ4v) is 3.21. The van der Waals surface area contributed by atoms with Crippen LogP contribution in [0.1, 0.15) is 25.8 Å². The summed E-state index contributed by atoms with van der Waals surface area (Å²) in [6.07, 6.45) is 0.965. The van der Waals surface area contributed by atoms with Crippen LogP contribution in [0.2, 0.25) is 0 Å².